The second kappa shape index (κ2) is 12.8. The first-order chi connectivity index (χ1) is 24.0. The molecular formula is C44H44N4O2. The lowest BCUT2D eigenvalue weighted by atomic mass is 9.83. The van der Waals surface area contributed by atoms with Crippen molar-refractivity contribution in [2.75, 3.05) is 14.2 Å². The zero-order valence-corrected chi connectivity index (χ0v) is 30.3. The fourth-order valence-corrected chi connectivity index (χ4v) is 6.78. The minimum Gasteiger partial charge on any atom is -0.495 e. The number of methoxy groups -OCH3 is 2. The van der Waals surface area contributed by atoms with E-state index in [4.69, 9.17) is 19.4 Å². The molecule has 50 heavy (non-hydrogen) atoms. The minimum atomic E-state index is -0.0927. The number of benzene rings is 2. The molecule has 4 heterocycles. The van der Waals surface area contributed by atoms with E-state index in [9.17, 15) is 0 Å². The maximum absolute atomic E-state index is 6.15. The normalized spacial score (nSPS) is 12.6. The van der Waals surface area contributed by atoms with Crippen molar-refractivity contribution in [2.24, 2.45) is 0 Å². The topological polar surface area (TPSA) is 70.0 Å². The molecule has 2 aromatic carbocycles. The van der Waals surface area contributed by atoms with Crippen LogP contribution in [-0.4, -0.2) is 34.2 Å². The number of aryl methyl sites for hydroxylation is 2. The van der Waals surface area contributed by atoms with E-state index in [0.29, 0.717) is 0 Å². The van der Waals surface area contributed by atoms with Crippen LogP contribution in [0, 0.1) is 0 Å². The van der Waals surface area contributed by atoms with Crippen LogP contribution in [0.2, 0.25) is 0 Å². The van der Waals surface area contributed by atoms with Gasteiger partial charge in [0.2, 0.25) is 0 Å². The van der Waals surface area contributed by atoms with Gasteiger partial charge in [0, 0.05) is 58.2 Å². The summed E-state index contributed by atoms with van der Waals surface area (Å²) in [6.07, 6.45) is 9.18. The highest BCUT2D eigenvalue weighted by molar-refractivity contribution is 5.85. The van der Waals surface area contributed by atoms with E-state index in [1.54, 1.807) is 26.6 Å². The third-order valence-electron chi connectivity index (χ3n) is 9.66. The maximum atomic E-state index is 6.15. The Morgan fingerprint density at radius 1 is 0.520 bits per heavy atom. The van der Waals surface area contributed by atoms with Gasteiger partial charge in [0.05, 0.1) is 37.0 Å². The van der Waals surface area contributed by atoms with Crippen LogP contribution in [0.4, 0.5) is 0 Å². The molecule has 0 amide bonds. The van der Waals surface area contributed by atoms with E-state index < -0.39 is 0 Å². The van der Waals surface area contributed by atoms with Gasteiger partial charge in [-0.1, -0.05) is 65.8 Å². The van der Waals surface area contributed by atoms with Gasteiger partial charge in [0.25, 0.3) is 0 Å². The summed E-state index contributed by atoms with van der Waals surface area (Å²) in [4.78, 5) is 19.6. The van der Waals surface area contributed by atoms with Gasteiger partial charge in [-0.15, -0.1) is 0 Å². The third-order valence-corrected chi connectivity index (χ3v) is 9.66. The molecule has 0 spiro atoms. The molecule has 6 nitrogen and oxygen atoms in total. The Morgan fingerprint density at radius 2 is 0.920 bits per heavy atom. The number of ether oxygens (including phenoxy) is 2. The predicted octanol–water partition coefficient (Wildman–Crippen LogP) is 10.3. The maximum Gasteiger partial charge on any atom is 0.136 e. The van der Waals surface area contributed by atoms with Gasteiger partial charge in [-0.3, -0.25) is 9.97 Å². The van der Waals surface area contributed by atoms with E-state index in [1.807, 2.05) is 24.5 Å². The van der Waals surface area contributed by atoms with Gasteiger partial charge in [-0.05, 0) is 94.5 Å². The van der Waals surface area contributed by atoms with Crippen LogP contribution in [0.5, 0.6) is 11.5 Å². The summed E-state index contributed by atoms with van der Waals surface area (Å²) in [7, 11) is 3.46. The Labute approximate surface area is 295 Å². The van der Waals surface area contributed by atoms with Gasteiger partial charge in [-0.25, -0.2) is 9.97 Å². The summed E-state index contributed by atoms with van der Waals surface area (Å²) in [6, 6.07) is 25.6. The number of nitrogens with zero attached hydrogens (tertiary/aromatic N) is 4. The molecule has 6 aromatic rings. The van der Waals surface area contributed by atoms with Crippen LogP contribution >= 0.6 is 0 Å². The van der Waals surface area contributed by atoms with Crippen molar-refractivity contribution in [1.82, 2.24) is 19.9 Å². The van der Waals surface area contributed by atoms with Crippen LogP contribution in [0.15, 0.2) is 97.6 Å². The van der Waals surface area contributed by atoms with E-state index >= 15 is 0 Å². The minimum absolute atomic E-state index is 0.0927. The molecule has 0 saturated carbocycles. The molecule has 4 aromatic heterocycles. The second-order valence-corrected chi connectivity index (χ2v) is 15.1. The molecule has 0 bridgehead atoms. The molecule has 0 atom stereocenters. The van der Waals surface area contributed by atoms with Crippen molar-refractivity contribution in [2.45, 2.75) is 65.2 Å². The molecule has 7 rings (SSSR count). The monoisotopic (exact) mass is 660 g/mol. The van der Waals surface area contributed by atoms with Gasteiger partial charge in [0.15, 0.2) is 0 Å². The molecule has 0 radical (unpaired) electrons. The molecule has 1 aliphatic rings. The van der Waals surface area contributed by atoms with E-state index in [0.717, 1.165) is 80.5 Å². The lowest BCUT2D eigenvalue weighted by Gasteiger charge is -2.25. The highest BCUT2D eigenvalue weighted by Gasteiger charge is 2.27. The Hall–Kier alpha value is -5.36. The number of fused-ring (bicyclic) bond motifs is 3. The molecule has 0 N–H and O–H groups in total. The molecular weight excluding hydrogens is 617 g/mol. The van der Waals surface area contributed by atoms with Gasteiger partial charge in [-0.2, -0.15) is 0 Å². The van der Waals surface area contributed by atoms with Crippen molar-refractivity contribution in [3.63, 3.8) is 0 Å². The summed E-state index contributed by atoms with van der Waals surface area (Å²) >= 11 is 0. The number of rotatable bonds is 6. The number of hydrogen-bond acceptors (Lipinski definition) is 6. The number of pyridine rings is 4. The van der Waals surface area contributed by atoms with Crippen molar-refractivity contribution in [1.29, 1.82) is 0 Å². The zero-order chi connectivity index (χ0) is 35.2. The highest BCUT2D eigenvalue weighted by Crippen LogP contribution is 2.45. The van der Waals surface area contributed by atoms with Crippen molar-refractivity contribution < 1.29 is 9.47 Å². The van der Waals surface area contributed by atoms with Gasteiger partial charge < -0.3 is 9.47 Å². The summed E-state index contributed by atoms with van der Waals surface area (Å²) in [5, 5.41) is 0. The molecule has 1 aliphatic carbocycles. The average molecular weight is 661 g/mol. The lowest BCUT2D eigenvalue weighted by Crippen LogP contribution is -2.13. The first-order valence-electron chi connectivity index (χ1n) is 17.2. The van der Waals surface area contributed by atoms with Crippen LogP contribution in [0.3, 0.4) is 0 Å². The molecule has 0 fully saturated rings. The van der Waals surface area contributed by atoms with Crippen LogP contribution < -0.4 is 9.47 Å². The second-order valence-electron chi connectivity index (χ2n) is 15.1. The Morgan fingerprint density at radius 3 is 1.26 bits per heavy atom. The fourth-order valence-electron chi connectivity index (χ4n) is 6.78. The van der Waals surface area contributed by atoms with Crippen molar-refractivity contribution in [3.05, 3.63) is 120 Å². The smallest absolute Gasteiger partial charge is 0.136 e. The van der Waals surface area contributed by atoms with Gasteiger partial charge in [0.1, 0.15) is 11.5 Å². The van der Waals surface area contributed by atoms with E-state index in [-0.39, 0.29) is 10.8 Å². The highest BCUT2D eigenvalue weighted by atomic mass is 16.5. The largest absolute Gasteiger partial charge is 0.495 e. The summed E-state index contributed by atoms with van der Waals surface area (Å²) in [5.41, 5.74) is 14.0. The summed E-state index contributed by atoms with van der Waals surface area (Å²) in [6.45, 7) is 13.4. The number of aromatic nitrogens is 4. The van der Waals surface area contributed by atoms with Crippen LogP contribution in [-0.2, 0) is 23.7 Å². The fraction of sp³-hybridized carbons (Fsp3) is 0.273. The Kier molecular flexibility index (Phi) is 8.51. The first-order valence-corrected chi connectivity index (χ1v) is 17.2. The quantitative estimate of drug-likeness (QED) is 0.177. The first kappa shape index (κ1) is 33.2. The van der Waals surface area contributed by atoms with Gasteiger partial charge >= 0.3 is 0 Å². The molecule has 252 valence electrons. The standard InChI is InChI=1S/C44H44N4O2/c1-43(2,3)31-21-33(29-11-9-19-45-25-29)41(49-7)35(23-31)37-17-15-27-13-14-28-16-18-38(48-40(28)39(27)47-37)36-24-32(44(4,5)6)22-34(42(36)50-8)30-12-10-20-46-26-30/h9-12,15-26H,13-14H2,1-8H3. The molecule has 0 unspecified atom stereocenters. The lowest BCUT2D eigenvalue weighted by molar-refractivity contribution is 0.417. The molecule has 0 aliphatic heterocycles. The third kappa shape index (κ3) is 6.15. The van der Waals surface area contributed by atoms with Crippen LogP contribution in [0.25, 0.3) is 56.2 Å². The molecule has 6 heteroatoms. The predicted molar refractivity (Wildman–Crippen MR) is 203 cm³/mol. The zero-order valence-electron chi connectivity index (χ0n) is 30.3. The van der Waals surface area contributed by atoms with E-state index in [2.05, 4.69) is 112 Å². The Bertz CT molecular complexity index is 2040. The average Bonchev–Trinajstić information content (AvgIpc) is 3.13. The SMILES string of the molecule is COc1c(-c2cccnc2)cc(C(C)(C)C)cc1-c1ccc2c(n1)-c1nc(-c3cc(C(C)(C)C)cc(-c4cccnc4)c3OC)ccc1CC2. The summed E-state index contributed by atoms with van der Waals surface area (Å²) < 4.78 is 12.3. The van der Waals surface area contributed by atoms with Crippen LogP contribution in [0.1, 0.15) is 63.8 Å². The number of hydrogen-bond donors (Lipinski definition) is 0. The van der Waals surface area contributed by atoms with Crippen molar-refractivity contribution >= 4 is 0 Å². The van der Waals surface area contributed by atoms with E-state index in [1.165, 1.54) is 22.3 Å². The molecule has 0 saturated heterocycles. The van der Waals surface area contributed by atoms with Crippen molar-refractivity contribution in [3.8, 4) is 67.7 Å². The Balaban J connectivity index is 1.42. The summed E-state index contributed by atoms with van der Waals surface area (Å²) in [5.74, 6) is 1.56.